The van der Waals surface area contributed by atoms with Gasteiger partial charge in [-0.2, -0.15) is 0 Å². The molecule has 0 saturated heterocycles. The van der Waals surface area contributed by atoms with Gasteiger partial charge in [0.15, 0.2) is 0 Å². The smallest absolute Gasteiger partial charge is 0.0951 e. The van der Waals surface area contributed by atoms with Crippen LogP contribution in [0.5, 0.6) is 0 Å². The number of nitrogens with zero attached hydrogens (tertiary/aromatic N) is 2. The molecule has 3 heteroatoms. The third-order valence-electron chi connectivity index (χ3n) is 3.53. The second kappa shape index (κ2) is 4.48. The highest BCUT2D eigenvalue weighted by Crippen LogP contribution is 2.35. The van der Waals surface area contributed by atoms with Crippen LogP contribution in [0.25, 0.3) is 0 Å². The maximum atomic E-state index is 4.26. The number of aromatic nitrogens is 2. The number of nitrogens with one attached hydrogen (secondary N) is 1. The summed E-state index contributed by atoms with van der Waals surface area (Å²) in [7, 11) is 0. The lowest BCUT2D eigenvalue weighted by Gasteiger charge is -2.11. The van der Waals surface area contributed by atoms with Gasteiger partial charge in [-0.05, 0) is 38.3 Å². The zero-order valence-corrected chi connectivity index (χ0v) is 11.0. The van der Waals surface area contributed by atoms with Crippen LogP contribution in [0.1, 0.15) is 35.7 Å². The minimum atomic E-state index is 0.698. The number of anilines is 1. The number of hydrogen-bond acceptors (Lipinski definition) is 2. The number of aryl methyl sites for hydroxylation is 2. The average Bonchev–Trinajstić information content (AvgIpc) is 3.08. The third kappa shape index (κ3) is 2.26. The summed E-state index contributed by atoms with van der Waals surface area (Å²) in [5.41, 5.74) is 5.09. The average molecular weight is 241 g/mol. The van der Waals surface area contributed by atoms with Crippen molar-refractivity contribution in [2.45, 2.75) is 39.3 Å². The number of benzene rings is 1. The molecular weight excluding hydrogens is 222 g/mol. The van der Waals surface area contributed by atoms with Gasteiger partial charge < -0.3 is 9.88 Å². The lowest BCUT2D eigenvalue weighted by Crippen LogP contribution is -2.06. The Morgan fingerprint density at radius 1 is 1.33 bits per heavy atom. The molecular formula is C15H19N3. The van der Waals surface area contributed by atoms with Crippen LogP contribution in [0.3, 0.4) is 0 Å². The van der Waals surface area contributed by atoms with Crippen molar-refractivity contribution >= 4 is 5.69 Å². The van der Waals surface area contributed by atoms with Gasteiger partial charge in [0, 0.05) is 17.9 Å². The van der Waals surface area contributed by atoms with Crippen molar-refractivity contribution in [2.24, 2.45) is 0 Å². The van der Waals surface area contributed by atoms with E-state index >= 15 is 0 Å². The molecule has 0 atom stereocenters. The van der Waals surface area contributed by atoms with Gasteiger partial charge in [0.25, 0.3) is 0 Å². The highest BCUT2D eigenvalue weighted by Gasteiger charge is 2.24. The van der Waals surface area contributed by atoms with Crippen molar-refractivity contribution in [1.82, 2.24) is 9.55 Å². The quantitative estimate of drug-likeness (QED) is 0.888. The van der Waals surface area contributed by atoms with Crippen molar-refractivity contribution in [1.29, 1.82) is 0 Å². The van der Waals surface area contributed by atoms with Crippen molar-refractivity contribution in [3.8, 4) is 0 Å². The van der Waals surface area contributed by atoms with Gasteiger partial charge in [-0.1, -0.05) is 17.7 Å². The highest BCUT2D eigenvalue weighted by molar-refractivity contribution is 5.52. The van der Waals surface area contributed by atoms with Gasteiger partial charge in [0.2, 0.25) is 0 Å². The Morgan fingerprint density at radius 3 is 2.89 bits per heavy atom. The predicted molar refractivity (Wildman–Crippen MR) is 73.7 cm³/mol. The Morgan fingerprint density at radius 2 is 2.17 bits per heavy atom. The molecule has 1 N–H and O–H groups in total. The van der Waals surface area contributed by atoms with E-state index in [2.05, 4.69) is 46.9 Å². The van der Waals surface area contributed by atoms with Crippen LogP contribution < -0.4 is 5.32 Å². The second-order valence-electron chi connectivity index (χ2n) is 5.20. The van der Waals surface area contributed by atoms with Crippen molar-refractivity contribution in [3.63, 3.8) is 0 Å². The molecule has 1 saturated carbocycles. The molecule has 0 aliphatic heterocycles. The molecule has 1 aliphatic carbocycles. The maximum Gasteiger partial charge on any atom is 0.0951 e. The minimum Gasteiger partial charge on any atom is -0.379 e. The maximum absolute atomic E-state index is 4.26. The minimum absolute atomic E-state index is 0.698. The molecule has 0 spiro atoms. The molecule has 3 rings (SSSR count). The largest absolute Gasteiger partial charge is 0.379 e. The molecule has 18 heavy (non-hydrogen) atoms. The van der Waals surface area contributed by atoms with Crippen LogP contribution in [0.15, 0.2) is 30.7 Å². The fourth-order valence-corrected chi connectivity index (χ4v) is 2.35. The van der Waals surface area contributed by atoms with Crippen LogP contribution in [0, 0.1) is 13.8 Å². The number of hydrogen-bond donors (Lipinski definition) is 1. The molecule has 3 nitrogen and oxygen atoms in total. The fraction of sp³-hybridized carbons (Fsp3) is 0.400. The summed E-state index contributed by atoms with van der Waals surface area (Å²) in [6, 6.07) is 7.21. The first-order chi connectivity index (χ1) is 8.74. The molecule has 1 fully saturated rings. The Hall–Kier alpha value is -1.77. The zero-order valence-electron chi connectivity index (χ0n) is 11.0. The van der Waals surface area contributed by atoms with Crippen LogP contribution in [0.2, 0.25) is 0 Å². The lowest BCUT2D eigenvalue weighted by atomic mass is 10.1. The summed E-state index contributed by atoms with van der Waals surface area (Å²) in [6.45, 7) is 5.12. The van der Waals surface area contributed by atoms with Gasteiger partial charge in [0.05, 0.1) is 18.6 Å². The standard InChI is InChI=1S/C15H19N3/c1-11-3-6-15(12(2)7-11)17-9-14-8-16-10-18(14)13-4-5-13/h3,6-8,10,13,17H,4-5,9H2,1-2H3. The number of imidazole rings is 1. The predicted octanol–water partition coefficient (Wildman–Crippen LogP) is 3.45. The van der Waals surface area contributed by atoms with E-state index in [1.165, 1.54) is 35.3 Å². The van der Waals surface area contributed by atoms with E-state index < -0.39 is 0 Å². The highest BCUT2D eigenvalue weighted by atomic mass is 15.1. The van der Waals surface area contributed by atoms with Gasteiger partial charge in [-0.3, -0.25) is 0 Å². The fourth-order valence-electron chi connectivity index (χ4n) is 2.35. The van der Waals surface area contributed by atoms with Gasteiger partial charge in [-0.15, -0.1) is 0 Å². The van der Waals surface area contributed by atoms with E-state index in [9.17, 15) is 0 Å². The van der Waals surface area contributed by atoms with Crippen LogP contribution in [-0.2, 0) is 6.54 Å². The van der Waals surface area contributed by atoms with Crippen molar-refractivity contribution in [2.75, 3.05) is 5.32 Å². The van der Waals surface area contributed by atoms with Gasteiger partial charge in [0.1, 0.15) is 0 Å². The Labute approximate surface area is 108 Å². The molecule has 1 heterocycles. The second-order valence-corrected chi connectivity index (χ2v) is 5.20. The summed E-state index contributed by atoms with van der Waals surface area (Å²) in [4.78, 5) is 4.26. The zero-order chi connectivity index (χ0) is 12.5. The van der Waals surface area contributed by atoms with Crippen LogP contribution >= 0.6 is 0 Å². The Bertz CT molecular complexity index is 553. The van der Waals surface area contributed by atoms with E-state index in [-0.39, 0.29) is 0 Å². The Kier molecular flexibility index (Phi) is 2.82. The van der Waals surface area contributed by atoms with Crippen LogP contribution in [-0.4, -0.2) is 9.55 Å². The van der Waals surface area contributed by atoms with Crippen molar-refractivity contribution in [3.05, 3.63) is 47.5 Å². The first-order valence-electron chi connectivity index (χ1n) is 6.56. The molecule has 1 aliphatic rings. The summed E-state index contributed by atoms with van der Waals surface area (Å²) in [6.07, 6.45) is 6.52. The van der Waals surface area contributed by atoms with E-state index in [1.807, 2.05) is 12.5 Å². The molecule has 1 aromatic carbocycles. The summed E-state index contributed by atoms with van der Waals surface area (Å²) < 4.78 is 2.30. The SMILES string of the molecule is Cc1ccc(NCc2cncn2C2CC2)c(C)c1. The van der Waals surface area contributed by atoms with E-state index in [1.54, 1.807) is 0 Å². The van der Waals surface area contributed by atoms with E-state index in [0.717, 1.165) is 6.54 Å². The summed E-state index contributed by atoms with van der Waals surface area (Å²) in [5, 5.41) is 3.50. The molecule has 94 valence electrons. The van der Waals surface area contributed by atoms with Crippen LogP contribution in [0.4, 0.5) is 5.69 Å². The molecule has 1 aromatic heterocycles. The van der Waals surface area contributed by atoms with E-state index in [0.29, 0.717) is 6.04 Å². The molecule has 0 amide bonds. The molecule has 2 aromatic rings. The normalized spacial score (nSPS) is 14.8. The third-order valence-corrected chi connectivity index (χ3v) is 3.53. The summed E-state index contributed by atoms with van der Waals surface area (Å²) in [5.74, 6) is 0. The summed E-state index contributed by atoms with van der Waals surface area (Å²) >= 11 is 0. The topological polar surface area (TPSA) is 29.9 Å². The van der Waals surface area contributed by atoms with Gasteiger partial charge in [-0.25, -0.2) is 4.98 Å². The molecule has 0 radical (unpaired) electrons. The monoisotopic (exact) mass is 241 g/mol. The van der Waals surface area contributed by atoms with E-state index in [4.69, 9.17) is 0 Å². The first-order valence-corrected chi connectivity index (χ1v) is 6.56. The number of rotatable bonds is 4. The Balaban J connectivity index is 1.71. The van der Waals surface area contributed by atoms with Gasteiger partial charge >= 0.3 is 0 Å². The first kappa shape index (κ1) is 11.3. The lowest BCUT2D eigenvalue weighted by molar-refractivity contribution is 0.701. The van der Waals surface area contributed by atoms with Crippen molar-refractivity contribution < 1.29 is 0 Å². The molecule has 0 bridgehead atoms. The molecule has 0 unspecified atom stereocenters.